The third-order valence-electron chi connectivity index (χ3n) is 5.79. The second-order valence-electron chi connectivity index (χ2n) is 7.82. The van der Waals surface area contributed by atoms with Crippen molar-refractivity contribution in [1.29, 1.82) is 0 Å². The van der Waals surface area contributed by atoms with Crippen molar-refractivity contribution in [3.8, 4) is 17.1 Å². The first-order valence-corrected chi connectivity index (χ1v) is 10.7. The van der Waals surface area contributed by atoms with Crippen LogP contribution in [0.2, 0.25) is 0 Å². The molecule has 0 aliphatic carbocycles. The van der Waals surface area contributed by atoms with Gasteiger partial charge in [0.25, 0.3) is 0 Å². The summed E-state index contributed by atoms with van der Waals surface area (Å²) >= 11 is 0. The molecule has 0 aliphatic rings. The molecule has 0 amide bonds. The van der Waals surface area contributed by atoms with E-state index >= 15 is 0 Å². The minimum atomic E-state index is 0.939. The normalized spacial score (nSPS) is 11.1. The van der Waals surface area contributed by atoms with E-state index in [1.807, 2.05) is 12.1 Å². The molecule has 1 heterocycles. The molecule has 1 N–H and O–H groups in total. The molecule has 0 bridgehead atoms. The lowest BCUT2D eigenvalue weighted by molar-refractivity contribution is 1.10. The molecule has 6 aromatic rings. The average Bonchev–Trinajstić information content (AvgIpc) is 3.25. The van der Waals surface area contributed by atoms with Crippen molar-refractivity contribution in [3.63, 3.8) is 0 Å². The van der Waals surface area contributed by atoms with E-state index in [0.717, 1.165) is 39.5 Å². The van der Waals surface area contributed by atoms with Crippen molar-refractivity contribution in [1.82, 2.24) is 9.55 Å². The Morgan fingerprint density at radius 2 is 1.31 bits per heavy atom. The summed E-state index contributed by atoms with van der Waals surface area (Å²) in [4.78, 5) is 4.96. The third kappa shape index (κ3) is 3.21. The Hall–Kier alpha value is -4.37. The number of anilines is 2. The number of rotatable bonds is 4. The standard InChI is InChI=1S/C29H21N3/c1-2-11-24(12-3-1)32-28-16-7-6-14-27(28)31-29(32)22-17-19-23(20-18-22)30-26-15-8-10-21-9-4-5-13-25(21)26/h1-20,30H. The molecule has 0 unspecified atom stereocenters. The van der Waals surface area contributed by atoms with Gasteiger partial charge in [0.1, 0.15) is 5.82 Å². The zero-order chi connectivity index (χ0) is 21.3. The lowest BCUT2D eigenvalue weighted by Crippen LogP contribution is -1.97. The fourth-order valence-electron chi connectivity index (χ4n) is 4.25. The number of imidazole rings is 1. The molecule has 6 rings (SSSR count). The number of nitrogens with zero attached hydrogens (tertiary/aromatic N) is 2. The third-order valence-corrected chi connectivity index (χ3v) is 5.79. The molecule has 32 heavy (non-hydrogen) atoms. The molecule has 0 spiro atoms. The number of hydrogen-bond donors (Lipinski definition) is 1. The van der Waals surface area contributed by atoms with Crippen molar-refractivity contribution in [2.45, 2.75) is 0 Å². The van der Waals surface area contributed by atoms with Crippen molar-refractivity contribution in [2.75, 3.05) is 5.32 Å². The summed E-state index contributed by atoms with van der Waals surface area (Å²) < 4.78 is 2.22. The van der Waals surface area contributed by atoms with Gasteiger partial charge in [0.15, 0.2) is 0 Å². The van der Waals surface area contributed by atoms with Crippen LogP contribution in [-0.4, -0.2) is 9.55 Å². The summed E-state index contributed by atoms with van der Waals surface area (Å²) in [6, 6.07) is 41.9. The second-order valence-corrected chi connectivity index (χ2v) is 7.82. The average molecular weight is 412 g/mol. The predicted molar refractivity (Wildman–Crippen MR) is 134 cm³/mol. The molecule has 3 nitrogen and oxygen atoms in total. The van der Waals surface area contributed by atoms with Crippen LogP contribution >= 0.6 is 0 Å². The van der Waals surface area contributed by atoms with Crippen LogP contribution in [0.3, 0.4) is 0 Å². The summed E-state index contributed by atoms with van der Waals surface area (Å²) in [5.41, 5.74) is 6.43. The van der Waals surface area contributed by atoms with Crippen molar-refractivity contribution < 1.29 is 0 Å². The topological polar surface area (TPSA) is 29.9 Å². The Labute approximate surface area is 186 Å². The van der Waals surface area contributed by atoms with E-state index in [0.29, 0.717) is 0 Å². The van der Waals surface area contributed by atoms with Crippen molar-refractivity contribution in [3.05, 3.63) is 121 Å². The van der Waals surface area contributed by atoms with Crippen LogP contribution in [0.25, 0.3) is 38.9 Å². The molecule has 0 atom stereocenters. The van der Waals surface area contributed by atoms with E-state index < -0.39 is 0 Å². The summed E-state index contributed by atoms with van der Waals surface area (Å²) in [6.07, 6.45) is 0. The van der Waals surface area contributed by atoms with E-state index in [2.05, 4.69) is 119 Å². The summed E-state index contributed by atoms with van der Waals surface area (Å²) in [7, 11) is 0. The van der Waals surface area contributed by atoms with Gasteiger partial charge in [0.05, 0.1) is 11.0 Å². The minimum absolute atomic E-state index is 0.939. The highest BCUT2D eigenvalue weighted by Gasteiger charge is 2.14. The van der Waals surface area contributed by atoms with E-state index in [9.17, 15) is 0 Å². The van der Waals surface area contributed by atoms with Crippen LogP contribution in [0.5, 0.6) is 0 Å². The first-order valence-electron chi connectivity index (χ1n) is 10.7. The van der Waals surface area contributed by atoms with E-state index in [-0.39, 0.29) is 0 Å². The Bertz CT molecular complexity index is 1520. The van der Waals surface area contributed by atoms with Gasteiger partial charge in [0, 0.05) is 28.0 Å². The van der Waals surface area contributed by atoms with E-state index in [1.165, 1.54) is 10.8 Å². The van der Waals surface area contributed by atoms with Gasteiger partial charge in [-0.15, -0.1) is 0 Å². The summed E-state index contributed by atoms with van der Waals surface area (Å²) in [6.45, 7) is 0. The maximum absolute atomic E-state index is 4.96. The number of fused-ring (bicyclic) bond motifs is 2. The Morgan fingerprint density at radius 1 is 0.594 bits per heavy atom. The predicted octanol–water partition coefficient (Wildman–Crippen LogP) is 7.59. The summed E-state index contributed by atoms with van der Waals surface area (Å²) in [5.74, 6) is 0.939. The quantitative estimate of drug-likeness (QED) is 0.324. The molecule has 5 aromatic carbocycles. The first-order chi connectivity index (χ1) is 15.9. The molecule has 3 heteroatoms. The Morgan fingerprint density at radius 3 is 2.19 bits per heavy atom. The van der Waals surface area contributed by atoms with Gasteiger partial charge in [0.2, 0.25) is 0 Å². The van der Waals surface area contributed by atoms with Gasteiger partial charge in [-0.25, -0.2) is 4.98 Å². The molecule has 0 fully saturated rings. The van der Waals surface area contributed by atoms with Gasteiger partial charge in [-0.2, -0.15) is 0 Å². The Kier molecular flexibility index (Phi) is 4.43. The molecular weight excluding hydrogens is 390 g/mol. The van der Waals surface area contributed by atoms with Crippen molar-refractivity contribution >= 4 is 33.2 Å². The minimum Gasteiger partial charge on any atom is -0.355 e. The van der Waals surface area contributed by atoms with Crippen LogP contribution in [0.1, 0.15) is 0 Å². The zero-order valence-corrected chi connectivity index (χ0v) is 17.4. The monoisotopic (exact) mass is 411 g/mol. The fraction of sp³-hybridized carbons (Fsp3) is 0. The van der Waals surface area contributed by atoms with Crippen LogP contribution in [0.4, 0.5) is 11.4 Å². The molecule has 0 saturated carbocycles. The first kappa shape index (κ1) is 18.4. The molecular formula is C29H21N3. The second kappa shape index (κ2) is 7.71. The Balaban J connectivity index is 1.40. The van der Waals surface area contributed by atoms with Gasteiger partial charge in [-0.3, -0.25) is 4.57 Å². The molecule has 0 saturated heterocycles. The summed E-state index contributed by atoms with van der Waals surface area (Å²) in [5, 5.41) is 6.01. The van der Waals surface area contributed by atoms with Crippen LogP contribution < -0.4 is 5.32 Å². The van der Waals surface area contributed by atoms with Crippen LogP contribution in [0, 0.1) is 0 Å². The highest BCUT2D eigenvalue weighted by molar-refractivity contribution is 5.95. The molecule has 0 aliphatic heterocycles. The smallest absolute Gasteiger partial charge is 0.145 e. The number of hydrogen-bond acceptors (Lipinski definition) is 2. The number of para-hydroxylation sites is 3. The largest absolute Gasteiger partial charge is 0.355 e. The van der Waals surface area contributed by atoms with E-state index in [4.69, 9.17) is 4.98 Å². The molecule has 152 valence electrons. The van der Waals surface area contributed by atoms with Gasteiger partial charge >= 0.3 is 0 Å². The maximum Gasteiger partial charge on any atom is 0.145 e. The molecule has 0 radical (unpaired) electrons. The van der Waals surface area contributed by atoms with Crippen LogP contribution in [-0.2, 0) is 0 Å². The van der Waals surface area contributed by atoms with Crippen LogP contribution in [0.15, 0.2) is 121 Å². The lowest BCUT2D eigenvalue weighted by Gasteiger charge is -2.12. The van der Waals surface area contributed by atoms with Crippen molar-refractivity contribution in [2.24, 2.45) is 0 Å². The highest BCUT2D eigenvalue weighted by atomic mass is 15.1. The fourth-order valence-corrected chi connectivity index (χ4v) is 4.25. The lowest BCUT2D eigenvalue weighted by atomic mass is 10.1. The van der Waals surface area contributed by atoms with Gasteiger partial charge in [-0.05, 0) is 60.0 Å². The molecule has 1 aromatic heterocycles. The van der Waals surface area contributed by atoms with E-state index in [1.54, 1.807) is 0 Å². The van der Waals surface area contributed by atoms with Gasteiger partial charge < -0.3 is 5.32 Å². The number of aromatic nitrogens is 2. The van der Waals surface area contributed by atoms with Gasteiger partial charge in [-0.1, -0.05) is 66.7 Å². The maximum atomic E-state index is 4.96. The number of nitrogens with one attached hydrogen (secondary N) is 1. The zero-order valence-electron chi connectivity index (χ0n) is 17.4. The highest BCUT2D eigenvalue weighted by Crippen LogP contribution is 2.31. The number of benzene rings is 5. The SMILES string of the molecule is c1ccc(-n2c(-c3ccc(Nc4cccc5ccccc45)cc3)nc3ccccc32)cc1.